The van der Waals surface area contributed by atoms with Crippen molar-refractivity contribution in [1.29, 1.82) is 0 Å². The number of rotatable bonds is 11. The molecule has 1 rings (SSSR count). The van der Waals surface area contributed by atoms with E-state index >= 15 is 0 Å². The van der Waals surface area contributed by atoms with Crippen LogP contribution < -0.4 is 0 Å². The largest absolute Gasteiger partial charge is 0.378 e. The summed E-state index contributed by atoms with van der Waals surface area (Å²) in [5.41, 5.74) is 0. The van der Waals surface area contributed by atoms with Crippen molar-refractivity contribution in [2.24, 2.45) is 0 Å². The van der Waals surface area contributed by atoms with Gasteiger partial charge in [-0.1, -0.05) is 63.4 Å². The smallest absolute Gasteiger partial charge is 0.0575 e. The lowest BCUT2D eigenvalue weighted by atomic mass is 10.0. The van der Waals surface area contributed by atoms with Gasteiger partial charge >= 0.3 is 0 Å². The topological polar surface area (TPSA) is 9.23 Å². The molecule has 0 bridgehead atoms. The maximum atomic E-state index is 5.77. The Morgan fingerprint density at radius 1 is 1.00 bits per heavy atom. The molecule has 1 fully saturated rings. The molecule has 0 N–H and O–H groups in total. The molecule has 0 spiro atoms. The lowest BCUT2D eigenvalue weighted by Crippen LogP contribution is -2.18. The van der Waals surface area contributed by atoms with Gasteiger partial charge in [-0.05, 0) is 51.0 Å². The van der Waals surface area contributed by atoms with Crippen LogP contribution in [0.4, 0.5) is 0 Å². The fourth-order valence-corrected chi connectivity index (χ4v) is 2.91. The van der Waals surface area contributed by atoms with Crippen molar-refractivity contribution in [2.75, 3.05) is 6.61 Å². The molecule has 1 saturated heterocycles. The van der Waals surface area contributed by atoms with Gasteiger partial charge in [0.15, 0.2) is 0 Å². The van der Waals surface area contributed by atoms with Crippen LogP contribution in [-0.2, 0) is 4.74 Å². The van der Waals surface area contributed by atoms with E-state index in [1.54, 1.807) is 0 Å². The van der Waals surface area contributed by atoms with Crippen LogP contribution in [0.5, 0.6) is 0 Å². The molecule has 1 heterocycles. The van der Waals surface area contributed by atoms with Crippen LogP contribution in [0.1, 0.15) is 96.8 Å². The summed E-state index contributed by atoms with van der Waals surface area (Å²) in [5, 5.41) is 0. The minimum Gasteiger partial charge on any atom is -0.378 e. The third kappa shape index (κ3) is 11.9. The summed E-state index contributed by atoms with van der Waals surface area (Å²) < 4.78 is 5.77. The van der Waals surface area contributed by atoms with Gasteiger partial charge in [0.05, 0.1) is 6.10 Å². The molecule has 1 nitrogen and oxygen atoms in total. The van der Waals surface area contributed by atoms with Gasteiger partial charge in [-0.15, -0.1) is 0 Å². The second-order valence-electron chi connectivity index (χ2n) is 6.51. The van der Waals surface area contributed by atoms with E-state index in [0.29, 0.717) is 6.10 Å². The van der Waals surface area contributed by atoms with Crippen LogP contribution in [-0.4, -0.2) is 12.7 Å². The molecule has 0 aromatic heterocycles. The second kappa shape index (κ2) is 15.2. The molecule has 126 valence electrons. The van der Waals surface area contributed by atoms with E-state index in [-0.39, 0.29) is 0 Å². The number of ether oxygens (including phenoxy) is 1. The Hall–Kier alpha value is -0.740. The number of allylic oxidation sites excluding steroid dienone is 2. The van der Waals surface area contributed by atoms with Crippen LogP contribution in [0.3, 0.4) is 0 Å². The molecule has 0 amide bonds. The van der Waals surface area contributed by atoms with E-state index in [2.05, 4.69) is 24.8 Å². The van der Waals surface area contributed by atoms with Crippen LogP contribution in [0.2, 0.25) is 0 Å². The van der Waals surface area contributed by atoms with E-state index in [4.69, 9.17) is 4.74 Å². The van der Waals surface area contributed by atoms with Crippen LogP contribution in [0.25, 0.3) is 0 Å². The highest BCUT2D eigenvalue weighted by atomic mass is 16.5. The predicted molar refractivity (Wildman–Crippen MR) is 97.0 cm³/mol. The third-order valence-corrected chi connectivity index (χ3v) is 4.38. The number of hydrogen-bond acceptors (Lipinski definition) is 1. The highest BCUT2D eigenvalue weighted by molar-refractivity contribution is 5.14. The third-order valence-electron chi connectivity index (χ3n) is 4.38. The average Bonchev–Trinajstić information content (AvgIpc) is 2.56. The van der Waals surface area contributed by atoms with Gasteiger partial charge in [0.2, 0.25) is 0 Å². The molecule has 1 unspecified atom stereocenters. The van der Waals surface area contributed by atoms with E-state index in [9.17, 15) is 0 Å². The van der Waals surface area contributed by atoms with Crippen molar-refractivity contribution in [1.82, 2.24) is 0 Å². The fourth-order valence-electron chi connectivity index (χ4n) is 2.91. The molecule has 0 aromatic rings. The summed E-state index contributed by atoms with van der Waals surface area (Å²) in [6.07, 6.45) is 23.0. The Morgan fingerprint density at radius 3 is 2.59 bits per heavy atom. The lowest BCUT2D eigenvalue weighted by molar-refractivity contribution is 0.00977. The van der Waals surface area contributed by atoms with E-state index in [0.717, 1.165) is 13.0 Å². The Morgan fingerprint density at radius 2 is 1.82 bits per heavy atom. The Bertz CT molecular complexity index is 315. The van der Waals surface area contributed by atoms with Gasteiger partial charge in [-0.3, -0.25) is 0 Å². The average molecular weight is 305 g/mol. The zero-order valence-electron chi connectivity index (χ0n) is 14.7. The lowest BCUT2D eigenvalue weighted by Gasteiger charge is -2.22. The van der Waals surface area contributed by atoms with Crippen LogP contribution in [0.15, 0.2) is 12.2 Å². The van der Waals surface area contributed by atoms with Gasteiger partial charge in [0.1, 0.15) is 0 Å². The molecule has 1 heteroatoms. The first-order valence-corrected chi connectivity index (χ1v) is 9.68. The van der Waals surface area contributed by atoms with Crippen molar-refractivity contribution in [3.05, 3.63) is 12.2 Å². The van der Waals surface area contributed by atoms with Gasteiger partial charge in [0, 0.05) is 13.0 Å². The summed E-state index contributed by atoms with van der Waals surface area (Å²) in [5.74, 6) is 6.32. The second-order valence-corrected chi connectivity index (χ2v) is 6.51. The number of unbranched alkanes of at least 4 members (excludes halogenated alkanes) is 8. The van der Waals surface area contributed by atoms with Crippen molar-refractivity contribution in [3.63, 3.8) is 0 Å². The van der Waals surface area contributed by atoms with E-state index in [1.807, 2.05) is 6.08 Å². The zero-order valence-corrected chi connectivity index (χ0v) is 14.7. The van der Waals surface area contributed by atoms with Gasteiger partial charge in [-0.2, -0.15) is 0 Å². The maximum absolute atomic E-state index is 5.77. The van der Waals surface area contributed by atoms with Crippen LogP contribution in [0, 0.1) is 11.8 Å². The van der Waals surface area contributed by atoms with Gasteiger partial charge in [-0.25, -0.2) is 0 Å². The van der Waals surface area contributed by atoms with Crippen molar-refractivity contribution in [3.8, 4) is 11.8 Å². The predicted octanol–water partition coefficient (Wildman–Crippen LogP) is 6.43. The minimum absolute atomic E-state index is 0.581. The molecule has 22 heavy (non-hydrogen) atoms. The fraction of sp³-hybridized carbons (Fsp3) is 0.810. The zero-order chi connectivity index (χ0) is 15.7. The van der Waals surface area contributed by atoms with Gasteiger partial charge < -0.3 is 4.74 Å². The molecule has 0 aromatic carbocycles. The summed E-state index contributed by atoms with van der Waals surface area (Å²) >= 11 is 0. The number of hydrogen-bond donors (Lipinski definition) is 0. The monoisotopic (exact) mass is 304 g/mol. The first-order chi connectivity index (χ1) is 10.9. The molecule has 1 atom stereocenters. The first-order valence-electron chi connectivity index (χ1n) is 9.68. The molecule has 1 aliphatic rings. The summed E-state index contributed by atoms with van der Waals surface area (Å²) in [4.78, 5) is 0. The SMILES string of the molecule is CCCCC#C/C=C/CCCCCCCCC1CCCCO1. The summed E-state index contributed by atoms with van der Waals surface area (Å²) in [6, 6.07) is 0. The van der Waals surface area contributed by atoms with Crippen molar-refractivity contribution < 1.29 is 4.74 Å². The van der Waals surface area contributed by atoms with Gasteiger partial charge in [0.25, 0.3) is 0 Å². The maximum Gasteiger partial charge on any atom is 0.0575 e. The molecular weight excluding hydrogens is 268 g/mol. The summed E-state index contributed by atoms with van der Waals surface area (Å²) in [7, 11) is 0. The molecule has 0 saturated carbocycles. The Balaban J connectivity index is 1.79. The quantitative estimate of drug-likeness (QED) is 0.316. The van der Waals surface area contributed by atoms with Crippen molar-refractivity contribution in [2.45, 2.75) is 103 Å². The van der Waals surface area contributed by atoms with Crippen LogP contribution >= 0.6 is 0 Å². The minimum atomic E-state index is 0.581. The molecule has 0 radical (unpaired) electrons. The Labute approximate surface area is 138 Å². The standard InChI is InChI=1S/C21H36O/c1-2-3-4-5-6-7-8-9-10-11-12-13-14-15-18-21-19-16-17-20-22-21/h7-8,21H,2-4,9-20H2,1H3/b8-7+. The Kier molecular flexibility index (Phi) is 13.3. The highest BCUT2D eigenvalue weighted by Gasteiger charge is 2.12. The molecular formula is C21H36O. The summed E-state index contributed by atoms with van der Waals surface area (Å²) in [6.45, 7) is 3.21. The molecule has 1 aliphatic heterocycles. The van der Waals surface area contributed by atoms with E-state index < -0.39 is 0 Å². The normalized spacial score (nSPS) is 18.3. The van der Waals surface area contributed by atoms with Crippen molar-refractivity contribution >= 4 is 0 Å². The molecule has 0 aliphatic carbocycles. The first kappa shape index (κ1) is 19.3. The highest BCUT2D eigenvalue weighted by Crippen LogP contribution is 2.18. The van der Waals surface area contributed by atoms with E-state index in [1.165, 1.54) is 83.5 Å².